The summed E-state index contributed by atoms with van der Waals surface area (Å²) in [6, 6.07) is 5.67. The fourth-order valence-electron chi connectivity index (χ4n) is 1.32. The Balaban J connectivity index is 3.11. The molecule has 1 rings (SSSR count). The second-order valence-corrected chi connectivity index (χ2v) is 4.35. The Morgan fingerprint density at radius 3 is 2.53 bits per heavy atom. The molecular formula is C13H15ClO. The van der Waals surface area contributed by atoms with E-state index < -0.39 is 0 Å². The number of hydrogen-bond acceptors (Lipinski definition) is 1. The van der Waals surface area contributed by atoms with E-state index in [0.717, 1.165) is 28.0 Å². The molecule has 0 N–H and O–H groups in total. The Kier molecular flexibility index (Phi) is 4.10. The Labute approximate surface area is 95.8 Å². The molecule has 0 radical (unpaired) electrons. The minimum Gasteiger partial charge on any atom is -0.298 e. The molecule has 0 aliphatic rings. The van der Waals surface area contributed by atoms with Crippen LogP contribution in [0.15, 0.2) is 23.8 Å². The van der Waals surface area contributed by atoms with Crippen LogP contribution in [-0.2, 0) is 4.79 Å². The van der Waals surface area contributed by atoms with E-state index in [-0.39, 0.29) is 5.92 Å². The summed E-state index contributed by atoms with van der Waals surface area (Å²) < 4.78 is 0. The molecule has 0 amide bonds. The van der Waals surface area contributed by atoms with Crippen molar-refractivity contribution in [3.8, 4) is 0 Å². The van der Waals surface area contributed by atoms with Crippen molar-refractivity contribution in [2.24, 2.45) is 5.92 Å². The largest absolute Gasteiger partial charge is 0.298 e. The SMILES string of the molecule is Cc1cc(Cl)ccc1/C=C(\C=O)C(C)C. The molecule has 0 atom stereocenters. The molecule has 0 aromatic heterocycles. The number of hydrogen-bond donors (Lipinski definition) is 0. The van der Waals surface area contributed by atoms with Crippen molar-refractivity contribution < 1.29 is 4.79 Å². The average Bonchev–Trinajstić information content (AvgIpc) is 2.16. The zero-order valence-electron chi connectivity index (χ0n) is 9.25. The number of aryl methyl sites for hydroxylation is 1. The molecule has 1 aromatic carbocycles. The molecule has 2 heteroatoms. The van der Waals surface area contributed by atoms with E-state index in [9.17, 15) is 4.79 Å². The van der Waals surface area contributed by atoms with Gasteiger partial charge in [0, 0.05) is 5.02 Å². The van der Waals surface area contributed by atoms with Crippen molar-refractivity contribution in [2.75, 3.05) is 0 Å². The monoisotopic (exact) mass is 222 g/mol. The molecular weight excluding hydrogens is 208 g/mol. The van der Waals surface area contributed by atoms with Gasteiger partial charge < -0.3 is 0 Å². The van der Waals surface area contributed by atoms with Gasteiger partial charge in [0.05, 0.1) is 0 Å². The molecule has 0 aliphatic heterocycles. The Hall–Kier alpha value is -1.08. The Morgan fingerprint density at radius 2 is 2.07 bits per heavy atom. The molecule has 0 spiro atoms. The van der Waals surface area contributed by atoms with Gasteiger partial charge in [0.2, 0.25) is 0 Å². The van der Waals surface area contributed by atoms with E-state index in [4.69, 9.17) is 11.6 Å². The predicted molar refractivity (Wildman–Crippen MR) is 65.1 cm³/mol. The third-order valence-corrected chi connectivity index (χ3v) is 2.59. The van der Waals surface area contributed by atoms with Crippen LogP contribution in [0, 0.1) is 12.8 Å². The molecule has 15 heavy (non-hydrogen) atoms. The second kappa shape index (κ2) is 5.13. The number of benzene rings is 1. The third kappa shape index (κ3) is 3.21. The topological polar surface area (TPSA) is 17.1 Å². The molecule has 80 valence electrons. The third-order valence-electron chi connectivity index (χ3n) is 2.36. The van der Waals surface area contributed by atoms with Crippen LogP contribution >= 0.6 is 11.6 Å². The lowest BCUT2D eigenvalue weighted by Crippen LogP contribution is -1.95. The molecule has 0 heterocycles. The van der Waals surface area contributed by atoms with Crippen LogP contribution < -0.4 is 0 Å². The minimum absolute atomic E-state index is 0.248. The van der Waals surface area contributed by atoms with Crippen LogP contribution in [-0.4, -0.2) is 6.29 Å². The summed E-state index contributed by atoms with van der Waals surface area (Å²) in [6.07, 6.45) is 2.84. The summed E-state index contributed by atoms with van der Waals surface area (Å²) in [4.78, 5) is 10.8. The van der Waals surface area contributed by atoms with Gasteiger partial charge in [-0.15, -0.1) is 0 Å². The lowest BCUT2D eigenvalue weighted by molar-refractivity contribution is -0.105. The van der Waals surface area contributed by atoms with E-state index in [1.54, 1.807) is 0 Å². The van der Waals surface area contributed by atoms with E-state index >= 15 is 0 Å². The molecule has 0 fully saturated rings. The zero-order valence-corrected chi connectivity index (χ0v) is 10.0. The maximum Gasteiger partial charge on any atom is 0.146 e. The Morgan fingerprint density at radius 1 is 1.40 bits per heavy atom. The van der Waals surface area contributed by atoms with Crippen LogP contribution in [0.2, 0.25) is 5.02 Å². The highest BCUT2D eigenvalue weighted by Gasteiger charge is 2.03. The first kappa shape index (κ1) is 12.0. The zero-order chi connectivity index (χ0) is 11.4. The number of aldehydes is 1. The highest BCUT2D eigenvalue weighted by Crippen LogP contribution is 2.19. The molecule has 0 saturated carbocycles. The van der Waals surface area contributed by atoms with E-state index in [2.05, 4.69) is 0 Å². The Bertz CT molecular complexity index is 392. The number of carbonyl (C=O) groups is 1. The van der Waals surface area contributed by atoms with Crippen LogP contribution in [0.4, 0.5) is 0 Å². The summed E-state index contributed by atoms with van der Waals surface area (Å²) in [5, 5.41) is 0.724. The second-order valence-electron chi connectivity index (χ2n) is 3.92. The lowest BCUT2D eigenvalue weighted by Gasteiger charge is -2.06. The van der Waals surface area contributed by atoms with Crippen molar-refractivity contribution >= 4 is 24.0 Å². The normalized spacial score (nSPS) is 11.9. The van der Waals surface area contributed by atoms with Gasteiger partial charge in [0.1, 0.15) is 6.29 Å². The van der Waals surface area contributed by atoms with E-state index in [1.807, 2.05) is 45.0 Å². The van der Waals surface area contributed by atoms with Crippen LogP contribution in [0.1, 0.15) is 25.0 Å². The van der Waals surface area contributed by atoms with Gasteiger partial charge in [-0.05, 0) is 47.8 Å². The van der Waals surface area contributed by atoms with Gasteiger partial charge in [-0.3, -0.25) is 4.79 Å². The standard InChI is InChI=1S/C13H15ClO/c1-9(2)12(8-15)7-11-4-5-13(14)6-10(11)3/h4-9H,1-3H3/b12-7+. The van der Waals surface area contributed by atoms with Gasteiger partial charge >= 0.3 is 0 Å². The van der Waals surface area contributed by atoms with Crippen LogP contribution in [0.25, 0.3) is 6.08 Å². The quantitative estimate of drug-likeness (QED) is 0.560. The molecule has 0 bridgehead atoms. The summed E-state index contributed by atoms with van der Waals surface area (Å²) in [5.74, 6) is 0.248. The first-order chi connectivity index (χ1) is 7.04. The molecule has 0 saturated heterocycles. The fraction of sp³-hybridized carbons (Fsp3) is 0.308. The van der Waals surface area contributed by atoms with Crippen molar-refractivity contribution in [3.63, 3.8) is 0 Å². The smallest absolute Gasteiger partial charge is 0.146 e. The summed E-state index contributed by atoms with van der Waals surface area (Å²) in [6.45, 7) is 6.00. The first-order valence-corrected chi connectivity index (χ1v) is 5.35. The molecule has 0 unspecified atom stereocenters. The van der Waals surface area contributed by atoms with Crippen molar-refractivity contribution in [3.05, 3.63) is 39.9 Å². The minimum atomic E-state index is 0.248. The van der Waals surface area contributed by atoms with Gasteiger partial charge in [-0.1, -0.05) is 31.5 Å². The predicted octanol–water partition coefficient (Wildman–Crippen LogP) is 3.89. The van der Waals surface area contributed by atoms with Gasteiger partial charge in [-0.2, -0.15) is 0 Å². The number of rotatable bonds is 3. The van der Waals surface area contributed by atoms with Gasteiger partial charge in [0.25, 0.3) is 0 Å². The number of halogens is 1. The highest BCUT2D eigenvalue weighted by atomic mass is 35.5. The van der Waals surface area contributed by atoms with E-state index in [0.29, 0.717) is 0 Å². The van der Waals surface area contributed by atoms with E-state index in [1.165, 1.54) is 0 Å². The maximum absolute atomic E-state index is 10.8. The fourth-order valence-corrected chi connectivity index (χ4v) is 1.54. The van der Waals surface area contributed by atoms with Gasteiger partial charge in [0.15, 0.2) is 0 Å². The summed E-state index contributed by atoms with van der Waals surface area (Å²) in [5.41, 5.74) is 2.94. The molecule has 0 aliphatic carbocycles. The number of carbonyl (C=O) groups excluding carboxylic acids is 1. The summed E-state index contributed by atoms with van der Waals surface area (Å²) in [7, 11) is 0. The van der Waals surface area contributed by atoms with Crippen LogP contribution in [0.3, 0.4) is 0 Å². The average molecular weight is 223 g/mol. The van der Waals surface area contributed by atoms with Gasteiger partial charge in [-0.25, -0.2) is 0 Å². The van der Waals surface area contributed by atoms with Crippen LogP contribution in [0.5, 0.6) is 0 Å². The number of allylic oxidation sites excluding steroid dienone is 1. The van der Waals surface area contributed by atoms with Crippen molar-refractivity contribution in [2.45, 2.75) is 20.8 Å². The highest BCUT2D eigenvalue weighted by molar-refractivity contribution is 6.30. The summed E-state index contributed by atoms with van der Waals surface area (Å²) >= 11 is 5.86. The van der Waals surface area contributed by atoms with Crippen molar-refractivity contribution in [1.29, 1.82) is 0 Å². The molecule has 1 nitrogen and oxygen atoms in total. The lowest BCUT2D eigenvalue weighted by atomic mass is 9.99. The first-order valence-electron chi connectivity index (χ1n) is 4.97. The van der Waals surface area contributed by atoms with Crippen molar-refractivity contribution in [1.82, 2.24) is 0 Å². The maximum atomic E-state index is 10.8. The molecule has 1 aromatic rings.